The van der Waals surface area contributed by atoms with Crippen LogP contribution in [0.2, 0.25) is 0 Å². The summed E-state index contributed by atoms with van der Waals surface area (Å²) in [6, 6.07) is 10.6. The Morgan fingerprint density at radius 2 is 1.64 bits per heavy atom. The second-order valence-electron chi connectivity index (χ2n) is 5.48. The number of carbonyl (C=O) groups is 2. The maximum absolute atomic E-state index is 12.3. The predicted octanol–water partition coefficient (Wildman–Crippen LogP) is 3.12. The van der Waals surface area contributed by atoms with Crippen molar-refractivity contribution >= 4 is 17.6 Å². The Labute approximate surface area is 146 Å². The summed E-state index contributed by atoms with van der Waals surface area (Å²) in [6.45, 7) is 3.46. The molecular formula is C19H21NO5. The first-order valence-corrected chi connectivity index (χ1v) is 7.71. The lowest BCUT2D eigenvalue weighted by Crippen LogP contribution is -2.21. The van der Waals surface area contributed by atoms with Crippen LogP contribution < -0.4 is 14.8 Å². The number of nitrogens with one attached hydrogen (secondary N) is 1. The molecule has 0 heterocycles. The van der Waals surface area contributed by atoms with Crippen LogP contribution in [0.3, 0.4) is 0 Å². The molecule has 25 heavy (non-hydrogen) atoms. The van der Waals surface area contributed by atoms with Crippen LogP contribution in [0.15, 0.2) is 36.4 Å². The van der Waals surface area contributed by atoms with E-state index >= 15 is 0 Å². The Hall–Kier alpha value is -3.02. The highest BCUT2D eigenvalue weighted by Crippen LogP contribution is 2.28. The second kappa shape index (κ2) is 8.19. The number of hydrogen-bond donors (Lipinski definition) is 1. The smallest absolute Gasteiger partial charge is 0.346 e. The number of ether oxygens (including phenoxy) is 3. The largest absolute Gasteiger partial charge is 0.496 e. The average molecular weight is 343 g/mol. The van der Waals surface area contributed by atoms with Crippen LogP contribution in [0.25, 0.3) is 0 Å². The van der Waals surface area contributed by atoms with Gasteiger partial charge in [0.15, 0.2) is 6.61 Å². The lowest BCUT2D eigenvalue weighted by atomic mass is 10.1. The zero-order valence-electron chi connectivity index (χ0n) is 14.7. The molecule has 132 valence electrons. The van der Waals surface area contributed by atoms with Gasteiger partial charge in [-0.05, 0) is 37.6 Å². The number of carbonyl (C=O) groups excluding carboxylic acids is 2. The van der Waals surface area contributed by atoms with Crippen LogP contribution in [-0.2, 0) is 9.53 Å². The number of methoxy groups -OCH3 is 2. The zero-order chi connectivity index (χ0) is 18.4. The lowest BCUT2D eigenvalue weighted by Gasteiger charge is -2.13. The van der Waals surface area contributed by atoms with Crippen molar-refractivity contribution in [1.82, 2.24) is 0 Å². The summed E-state index contributed by atoms with van der Waals surface area (Å²) < 4.78 is 15.4. The molecule has 0 aliphatic heterocycles. The first kappa shape index (κ1) is 18.3. The van der Waals surface area contributed by atoms with E-state index in [1.165, 1.54) is 14.2 Å². The van der Waals surface area contributed by atoms with Crippen LogP contribution in [0.1, 0.15) is 21.5 Å². The summed E-state index contributed by atoms with van der Waals surface area (Å²) in [5.74, 6) is -0.475. The van der Waals surface area contributed by atoms with Crippen LogP contribution in [0.5, 0.6) is 11.5 Å². The number of anilines is 1. The third-order valence-corrected chi connectivity index (χ3v) is 3.62. The summed E-state index contributed by atoms with van der Waals surface area (Å²) in [7, 11) is 2.89. The van der Waals surface area contributed by atoms with E-state index in [1.54, 1.807) is 18.2 Å². The standard InChI is InChI=1S/C19H21NO5/c1-12-8-9-14(13(2)10-12)20-17(21)11-25-19(22)18-15(23-3)6-5-7-16(18)24-4/h5-10H,11H2,1-4H3,(H,20,21). The van der Waals surface area contributed by atoms with Crippen LogP contribution in [-0.4, -0.2) is 32.7 Å². The van der Waals surface area contributed by atoms with Crippen molar-refractivity contribution in [3.8, 4) is 11.5 Å². The molecule has 0 unspecified atom stereocenters. The third kappa shape index (κ3) is 4.50. The summed E-state index contributed by atoms with van der Waals surface area (Å²) in [5, 5.41) is 2.72. The van der Waals surface area contributed by atoms with Gasteiger partial charge in [0.1, 0.15) is 17.1 Å². The van der Waals surface area contributed by atoms with E-state index in [4.69, 9.17) is 14.2 Å². The van der Waals surface area contributed by atoms with Gasteiger partial charge in [0.25, 0.3) is 5.91 Å². The molecule has 2 aromatic rings. The van der Waals surface area contributed by atoms with Crippen LogP contribution in [0.4, 0.5) is 5.69 Å². The Morgan fingerprint density at radius 3 is 2.20 bits per heavy atom. The third-order valence-electron chi connectivity index (χ3n) is 3.62. The van der Waals surface area contributed by atoms with E-state index < -0.39 is 18.5 Å². The van der Waals surface area contributed by atoms with Crippen molar-refractivity contribution < 1.29 is 23.8 Å². The molecule has 0 saturated heterocycles. The Bertz CT molecular complexity index is 763. The van der Waals surface area contributed by atoms with Gasteiger partial charge in [0.2, 0.25) is 0 Å². The fourth-order valence-electron chi connectivity index (χ4n) is 2.40. The van der Waals surface area contributed by atoms with E-state index in [2.05, 4.69) is 5.32 Å². The first-order valence-electron chi connectivity index (χ1n) is 7.71. The van der Waals surface area contributed by atoms with E-state index in [1.807, 2.05) is 32.0 Å². The van der Waals surface area contributed by atoms with Gasteiger partial charge in [-0.1, -0.05) is 23.8 Å². The van der Waals surface area contributed by atoms with Crippen molar-refractivity contribution in [3.63, 3.8) is 0 Å². The molecule has 0 aliphatic rings. The maximum Gasteiger partial charge on any atom is 0.346 e. The minimum Gasteiger partial charge on any atom is -0.496 e. The van der Waals surface area contributed by atoms with Crippen LogP contribution >= 0.6 is 0 Å². The number of esters is 1. The fourth-order valence-corrected chi connectivity index (χ4v) is 2.40. The van der Waals surface area contributed by atoms with Gasteiger partial charge in [-0.15, -0.1) is 0 Å². The molecule has 2 rings (SSSR count). The predicted molar refractivity (Wildman–Crippen MR) is 94.4 cm³/mol. The normalized spacial score (nSPS) is 10.1. The number of rotatable bonds is 6. The van der Waals surface area contributed by atoms with E-state index in [9.17, 15) is 9.59 Å². The minimum atomic E-state index is -0.690. The van der Waals surface area contributed by atoms with Gasteiger partial charge in [-0.25, -0.2) is 4.79 Å². The molecule has 0 saturated carbocycles. The SMILES string of the molecule is COc1cccc(OC)c1C(=O)OCC(=O)Nc1ccc(C)cc1C. The number of benzene rings is 2. The van der Waals surface area contributed by atoms with Gasteiger partial charge < -0.3 is 19.5 Å². The zero-order valence-corrected chi connectivity index (χ0v) is 14.7. The summed E-state index contributed by atoms with van der Waals surface area (Å²) >= 11 is 0. The van der Waals surface area contributed by atoms with Crippen molar-refractivity contribution in [3.05, 3.63) is 53.1 Å². The Morgan fingerprint density at radius 1 is 1.00 bits per heavy atom. The second-order valence-corrected chi connectivity index (χ2v) is 5.48. The van der Waals surface area contributed by atoms with Gasteiger partial charge in [-0.2, -0.15) is 0 Å². The molecule has 0 radical (unpaired) electrons. The lowest BCUT2D eigenvalue weighted by molar-refractivity contribution is -0.119. The van der Waals surface area contributed by atoms with E-state index in [0.29, 0.717) is 17.2 Å². The van der Waals surface area contributed by atoms with Gasteiger partial charge >= 0.3 is 5.97 Å². The maximum atomic E-state index is 12.3. The van der Waals surface area contributed by atoms with Crippen molar-refractivity contribution in [2.45, 2.75) is 13.8 Å². The van der Waals surface area contributed by atoms with Crippen molar-refractivity contribution in [2.75, 3.05) is 26.1 Å². The molecule has 2 aromatic carbocycles. The molecular weight excluding hydrogens is 322 g/mol. The molecule has 6 nitrogen and oxygen atoms in total. The topological polar surface area (TPSA) is 73.9 Å². The van der Waals surface area contributed by atoms with Gasteiger partial charge in [0, 0.05) is 5.69 Å². The average Bonchev–Trinajstić information content (AvgIpc) is 2.61. The summed E-state index contributed by atoms with van der Waals surface area (Å²) in [6.07, 6.45) is 0. The summed E-state index contributed by atoms with van der Waals surface area (Å²) in [4.78, 5) is 24.4. The molecule has 0 atom stereocenters. The summed E-state index contributed by atoms with van der Waals surface area (Å²) in [5.41, 5.74) is 2.87. The molecule has 0 fully saturated rings. The fraction of sp³-hybridized carbons (Fsp3) is 0.263. The van der Waals surface area contributed by atoms with Gasteiger partial charge in [-0.3, -0.25) is 4.79 Å². The van der Waals surface area contributed by atoms with Crippen molar-refractivity contribution in [1.29, 1.82) is 0 Å². The molecule has 0 aliphatic carbocycles. The highest BCUT2D eigenvalue weighted by Gasteiger charge is 2.20. The molecule has 0 spiro atoms. The highest BCUT2D eigenvalue weighted by atomic mass is 16.5. The minimum absolute atomic E-state index is 0.145. The Kier molecular flexibility index (Phi) is 6.00. The van der Waals surface area contributed by atoms with Crippen molar-refractivity contribution in [2.24, 2.45) is 0 Å². The first-order chi connectivity index (χ1) is 12.0. The highest BCUT2D eigenvalue weighted by molar-refractivity contribution is 5.98. The van der Waals surface area contributed by atoms with E-state index in [0.717, 1.165) is 11.1 Å². The quantitative estimate of drug-likeness (QED) is 0.816. The number of aryl methyl sites for hydroxylation is 2. The molecule has 0 aromatic heterocycles. The molecule has 1 amide bonds. The molecule has 6 heteroatoms. The van der Waals surface area contributed by atoms with Gasteiger partial charge in [0.05, 0.1) is 14.2 Å². The number of amides is 1. The van der Waals surface area contributed by atoms with E-state index in [-0.39, 0.29) is 5.56 Å². The monoisotopic (exact) mass is 343 g/mol. The number of hydrogen-bond acceptors (Lipinski definition) is 5. The molecule has 1 N–H and O–H groups in total. The van der Waals surface area contributed by atoms with Crippen LogP contribution in [0, 0.1) is 13.8 Å². The molecule has 0 bridgehead atoms. The Balaban J connectivity index is 2.04.